The van der Waals surface area contributed by atoms with Gasteiger partial charge in [0.05, 0.1) is 25.9 Å². The van der Waals surface area contributed by atoms with Crippen LogP contribution in [0.15, 0.2) is 0 Å². The summed E-state index contributed by atoms with van der Waals surface area (Å²) in [6, 6.07) is 0.0696. The Morgan fingerprint density at radius 3 is 2.72 bits per heavy atom. The summed E-state index contributed by atoms with van der Waals surface area (Å²) < 4.78 is 10.7. The molecular weight excluding hydrogens is 234 g/mol. The van der Waals surface area contributed by atoms with Crippen LogP contribution in [0.25, 0.3) is 0 Å². The predicted molar refractivity (Wildman–Crippen MR) is 68.5 cm³/mol. The normalized spacial score (nSPS) is 20.9. The van der Waals surface area contributed by atoms with Gasteiger partial charge in [0.2, 0.25) is 0 Å². The summed E-state index contributed by atoms with van der Waals surface area (Å²) in [5.41, 5.74) is -0.467. The Labute approximate surface area is 109 Å². The van der Waals surface area contributed by atoms with E-state index in [0.717, 1.165) is 25.8 Å². The average Bonchev–Trinajstić information content (AvgIpc) is 2.27. The van der Waals surface area contributed by atoms with Gasteiger partial charge in [-0.1, -0.05) is 0 Å². The molecule has 0 bridgehead atoms. The van der Waals surface area contributed by atoms with Gasteiger partial charge in [-0.3, -0.25) is 0 Å². The number of nitrogens with zero attached hydrogens (tertiary/aromatic N) is 1. The molecule has 0 aliphatic carbocycles. The lowest BCUT2D eigenvalue weighted by molar-refractivity contribution is -0.0111. The fourth-order valence-corrected chi connectivity index (χ4v) is 2.02. The molecule has 1 rings (SSSR count). The number of hydrogen-bond donors (Lipinski definition) is 1. The minimum Gasteiger partial charge on any atom is -0.444 e. The van der Waals surface area contributed by atoms with Crippen LogP contribution in [0.1, 0.15) is 40.0 Å². The van der Waals surface area contributed by atoms with Crippen molar-refractivity contribution in [2.24, 2.45) is 0 Å². The summed E-state index contributed by atoms with van der Waals surface area (Å²) in [5, 5.41) is 8.69. The van der Waals surface area contributed by atoms with Crippen molar-refractivity contribution in [1.82, 2.24) is 4.90 Å². The number of aliphatic hydroxyl groups is 1. The van der Waals surface area contributed by atoms with E-state index < -0.39 is 5.60 Å². The molecule has 1 N–H and O–H groups in total. The fraction of sp³-hybridized carbons (Fsp3) is 0.923. The third-order valence-corrected chi connectivity index (χ3v) is 2.80. The molecule has 0 spiro atoms. The van der Waals surface area contributed by atoms with Gasteiger partial charge >= 0.3 is 6.09 Å². The smallest absolute Gasteiger partial charge is 0.410 e. The lowest BCUT2D eigenvalue weighted by Gasteiger charge is -2.36. The summed E-state index contributed by atoms with van der Waals surface area (Å²) >= 11 is 0. The van der Waals surface area contributed by atoms with Gasteiger partial charge in [-0.15, -0.1) is 0 Å². The molecule has 18 heavy (non-hydrogen) atoms. The number of carbonyl (C=O) groups excluding carboxylic acids is 1. The second-order valence-corrected chi connectivity index (χ2v) is 5.62. The summed E-state index contributed by atoms with van der Waals surface area (Å²) in [7, 11) is 0. The van der Waals surface area contributed by atoms with E-state index in [4.69, 9.17) is 14.6 Å². The number of ether oxygens (including phenoxy) is 2. The summed E-state index contributed by atoms with van der Waals surface area (Å²) in [6.45, 7) is 7.13. The lowest BCUT2D eigenvalue weighted by Crippen LogP contribution is -2.48. The zero-order valence-corrected chi connectivity index (χ0v) is 11.6. The quantitative estimate of drug-likeness (QED) is 0.782. The first-order valence-corrected chi connectivity index (χ1v) is 6.62. The molecule has 0 aromatic carbocycles. The van der Waals surface area contributed by atoms with Crippen LogP contribution in [-0.4, -0.2) is 54.1 Å². The summed E-state index contributed by atoms with van der Waals surface area (Å²) in [6.07, 6.45) is 2.78. The standard InChI is InChI=1S/C13H25NO4/c1-13(2,3)18-12(16)14-7-5-4-6-11(14)10-17-9-8-15/h11,15H,4-10H2,1-3H3/t11-/m0/s1. The van der Waals surface area contributed by atoms with Crippen molar-refractivity contribution in [2.45, 2.75) is 51.7 Å². The van der Waals surface area contributed by atoms with E-state index in [0.29, 0.717) is 13.2 Å². The number of rotatable bonds is 4. The van der Waals surface area contributed by atoms with Gasteiger partial charge in [-0.05, 0) is 40.0 Å². The Hall–Kier alpha value is -0.810. The first-order valence-electron chi connectivity index (χ1n) is 6.62. The number of amides is 1. The molecule has 1 fully saturated rings. The number of carbonyl (C=O) groups is 1. The minimum absolute atomic E-state index is 0.0131. The molecule has 1 saturated heterocycles. The molecule has 1 amide bonds. The van der Waals surface area contributed by atoms with Crippen LogP contribution >= 0.6 is 0 Å². The maximum Gasteiger partial charge on any atom is 0.410 e. The highest BCUT2D eigenvalue weighted by molar-refractivity contribution is 5.68. The monoisotopic (exact) mass is 259 g/mol. The number of piperidine rings is 1. The molecule has 0 saturated carbocycles. The Morgan fingerprint density at radius 1 is 1.39 bits per heavy atom. The third kappa shape index (κ3) is 5.23. The van der Waals surface area contributed by atoms with Crippen LogP contribution in [0.4, 0.5) is 4.79 Å². The Balaban J connectivity index is 2.50. The van der Waals surface area contributed by atoms with Gasteiger partial charge in [0.1, 0.15) is 5.60 Å². The number of aliphatic hydroxyl groups excluding tert-OH is 1. The Morgan fingerprint density at radius 2 is 2.11 bits per heavy atom. The topological polar surface area (TPSA) is 59.0 Å². The second-order valence-electron chi connectivity index (χ2n) is 5.62. The largest absolute Gasteiger partial charge is 0.444 e. The van der Waals surface area contributed by atoms with Crippen molar-refractivity contribution >= 4 is 6.09 Å². The van der Waals surface area contributed by atoms with E-state index in [-0.39, 0.29) is 18.7 Å². The predicted octanol–water partition coefficient (Wildman–Crippen LogP) is 1.78. The molecule has 0 aromatic rings. The Bertz CT molecular complexity index is 262. The molecule has 1 atom stereocenters. The first-order chi connectivity index (χ1) is 8.44. The number of likely N-dealkylation sites (tertiary alicyclic amines) is 1. The van der Waals surface area contributed by atoms with E-state index in [1.54, 1.807) is 4.90 Å². The maximum absolute atomic E-state index is 12.1. The van der Waals surface area contributed by atoms with Crippen LogP contribution in [-0.2, 0) is 9.47 Å². The first kappa shape index (κ1) is 15.2. The Kier molecular flexibility index (Phi) is 5.88. The van der Waals surface area contributed by atoms with Crippen molar-refractivity contribution < 1.29 is 19.4 Å². The van der Waals surface area contributed by atoms with Crippen LogP contribution < -0.4 is 0 Å². The van der Waals surface area contributed by atoms with E-state index >= 15 is 0 Å². The highest BCUT2D eigenvalue weighted by Gasteiger charge is 2.30. The molecule has 5 heteroatoms. The van der Waals surface area contributed by atoms with Gasteiger partial charge in [0.15, 0.2) is 0 Å². The zero-order valence-electron chi connectivity index (χ0n) is 11.6. The summed E-state index contributed by atoms with van der Waals surface area (Å²) in [4.78, 5) is 13.8. The van der Waals surface area contributed by atoms with E-state index in [9.17, 15) is 4.79 Å². The zero-order chi connectivity index (χ0) is 13.6. The molecule has 0 unspecified atom stereocenters. The van der Waals surface area contributed by atoms with E-state index in [1.807, 2.05) is 20.8 Å². The molecule has 1 aliphatic heterocycles. The van der Waals surface area contributed by atoms with Crippen LogP contribution in [0.3, 0.4) is 0 Å². The van der Waals surface area contributed by atoms with Crippen molar-refractivity contribution in [2.75, 3.05) is 26.4 Å². The molecular formula is C13H25NO4. The molecule has 0 radical (unpaired) electrons. The lowest BCUT2D eigenvalue weighted by atomic mass is 10.0. The van der Waals surface area contributed by atoms with Crippen molar-refractivity contribution in [3.8, 4) is 0 Å². The van der Waals surface area contributed by atoms with Gasteiger partial charge in [-0.25, -0.2) is 4.79 Å². The molecule has 1 aliphatic rings. The van der Waals surface area contributed by atoms with Crippen LogP contribution in [0.2, 0.25) is 0 Å². The van der Waals surface area contributed by atoms with E-state index in [1.165, 1.54) is 0 Å². The van der Waals surface area contributed by atoms with Gasteiger partial charge < -0.3 is 19.5 Å². The average molecular weight is 259 g/mol. The van der Waals surface area contributed by atoms with Gasteiger partial charge in [0, 0.05) is 6.54 Å². The van der Waals surface area contributed by atoms with Crippen molar-refractivity contribution in [3.05, 3.63) is 0 Å². The highest BCUT2D eigenvalue weighted by atomic mass is 16.6. The molecule has 1 heterocycles. The SMILES string of the molecule is CC(C)(C)OC(=O)N1CCCC[C@H]1COCCO. The van der Waals surface area contributed by atoms with E-state index in [2.05, 4.69) is 0 Å². The fourth-order valence-electron chi connectivity index (χ4n) is 2.02. The van der Waals surface area contributed by atoms with Crippen molar-refractivity contribution in [1.29, 1.82) is 0 Å². The highest BCUT2D eigenvalue weighted by Crippen LogP contribution is 2.20. The van der Waals surface area contributed by atoms with Crippen LogP contribution in [0.5, 0.6) is 0 Å². The third-order valence-electron chi connectivity index (χ3n) is 2.80. The molecule has 106 valence electrons. The van der Waals surface area contributed by atoms with Crippen LogP contribution in [0, 0.1) is 0 Å². The molecule has 0 aromatic heterocycles. The van der Waals surface area contributed by atoms with Gasteiger partial charge in [-0.2, -0.15) is 0 Å². The second kappa shape index (κ2) is 6.95. The van der Waals surface area contributed by atoms with Crippen molar-refractivity contribution in [3.63, 3.8) is 0 Å². The molecule has 5 nitrogen and oxygen atoms in total. The minimum atomic E-state index is -0.467. The van der Waals surface area contributed by atoms with Gasteiger partial charge in [0.25, 0.3) is 0 Å². The summed E-state index contributed by atoms with van der Waals surface area (Å²) in [5.74, 6) is 0. The maximum atomic E-state index is 12.1. The number of hydrogen-bond acceptors (Lipinski definition) is 4.